The van der Waals surface area contributed by atoms with Crippen molar-refractivity contribution in [2.45, 2.75) is 51.2 Å². The molecule has 0 radical (unpaired) electrons. The molecule has 7 heteroatoms. The fraction of sp³-hybridized carbons (Fsp3) is 1.00. The van der Waals surface area contributed by atoms with Crippen LogP contribution in [0.1, 0.15) is 39.0 Å². The van der Waals surface area contributed by atoms with Gasteiger partial charge in [0, 0.05) is 25.7 Å². The number of nitrogens with two attached hydrogens (primary N) is 1. The van der Waals surface area contributed by atoms with E-state index in [1.165, 1.54) is 0 Å². The first-order valence-corrected chi connectivity index (χ1v) is 8.13. The Morgan fingerprint density at radius 1 is 1.22 bits per heavy atom. The summed E-state index contributed by atoms with van der Waals surface area (Å²) in [6.45, 7) is 3.14. The average Bonchev–Trinajstić information content (AvgIpc) is 2.31. The van der Waals surface area contributed by atoms with Crippen LogP contribution >= 0.6 is 0 Å². The molecule has 6 nitrogen and oxygen atoms in total. The second kappa shape index (κ2) is 8.06. The Hall–Kier alpha value is -0.210. The molecular formula is C11H25N3O3S. The molecule has 1 fully saturated rings. The molecular weight excluding hydrogens is 254 g/mol. The minimum atomic E-state index is -3.32. The SMILES string of the molecule is CCNS(=O)(=O)NCCCOC1CCC(N)CC1. The molecule has 0 heterocycles. The van der Waals surface area contributed by atoms with Crippen LogP contribution in [0.25, 0.3) is 0 Å². The van der Waals surface area contributed by atoms with Gasteiger partial charge in [-0.05, 0) is 32.1 Å². The molecule has 0 spiro atoms. The highest BCUT2D eigenvalue weighted by Gasteiger charge is 2.18. The van der Waals surface area contributed by atoms with Gasteiger partial charge >= 0.3 is 0 Å². The lowest BCUT2D eigenvalue weighted by Crippen LogP contribution is -2.37. The third-order valence-corrected chi connectivity index (χ3v) is 4.27. The molecule has 0 saturated heterocycles. The van der Waals surface area contributed by atoms with Crippen molar-refractivity contribution >= 4 is 10.2 Å². The Labute approximate surface area is 110 Å². The van der Waals surface area contributed by atoms with E-state index in [-0.39, 0.29) is 0 Å². The first-order valence-electron chi connectivity index (χ1n) is 6.65. The minimum absolute atomic E-state index is 0.301. The van der Waals surface area contributed by atoms with Gasteiger partial charge in [0.25, 0.3) is 10.2 Å². The van der Waals surface area contributed by atoms with E-state index in [0.717, 1.165) is 25.7 Å². The summed E-state index contributed by atoms with van der Waals surface area (Å²) in [6.07, 6.45) is 5.08. The number of hydrogen-bond donors (Lipinski definition) is 3. The second-order valence-corrected chi connectivity index (χ2v) is 6.24. The predicted molar refractivity (Wildman–Crippen MR) is 71.4 cm³/mol. The lowest BCUT2D eigenvalue weighted by atomic mass is 9.94. The zero-order valence-electron chi connectivity index (χ0n) is 11.0. The summed E-state index contributed by atoms with van der Waals surface area (Å²) in [4.78, 5) is 0. The van der Waals surface area contributed by atoms with Gasteiger partial charge in [-0.2, -0.15) is 8.42 Å². The van der Waals surface area contributed by atoms with Crippen LogP contribution in [0.4, 0.5) is 0 Å². The van der Waals surface area contributed by atoms with E-state index in [1.807, 2.05) is 0 Å². The van der Waals surface area contributed by atoms with E-state index >= 15 is 0 Å². The molecule has 0 aliphatic heterocycles. The Bertz CT molecular complexity index is 313. The van der Waals surface area contributed by atoms with Crippen LogP contribution in [0.2, 0.25) is 0 Å². The molecule has 1 rings (SSSR count). The molecule has 18 heavy (non-hydrogen) atoms. The Balaban J connectivity index is 2.02. The van der Waals surface area contributed by atoms with Crippen molar-refractivity contribution in [1.82, 2.24) is 9.44 Å². The molecule has 0 amide bonds. The smallest absolute Gasteiger partial charge is 0.276 e. The maximum absolute atomic E-state index is 11.3. The van der Waals surface area contributed by atoms with Crippen molar-refractivity contribution in [2.24, 2.45) is 5.73 Å². The molecule has 0 aromatic rings. The van der Waals surface area contributed by atoms with Gasteiger partial charge in [-0.25, -0.2) is 9.44 Å². The van der Waals surface area contributed by atoms with Gasteiger partial charge in [0.15, 0.2) is 0 Å². The minimum Gasteiger partial charge on any atom is -0.378 e. The Morgan fingerprint density at radius 2 is 1.89 bits per heavy atom. The van der Waals surface area contributed by atoms with Gasteiger partial charge in [-0.15, -0.1) is 0 Å². The highest BCUT2D eigenvalue weighted by Crippen LogP contribution is 2.19. The molecule has 0 aromatic carbocycles. The summed E-state index contributed by atoms with van der Waals surface area (Å²) < 4.78 is 33.0. The molecule has 0 bridgehead atoms. The van der Waals surface area contributed by atoms with Gasteiger partial charge in [-0.1, -0.05) is 6.92 Å². The van der Waals surface area contributed by atoms with Gasteiger partial charge in [0.05, 0.1) is 6.10 Å². The number of nitrogens with one attached hydrogen (secondary N) is 2. The predicted octanol–water partition coefficient (Wildman–Crippen LogP) is 0.107. The van der Waals surface area contributed by atoms with E-state index < -0.39 is 10.2 Å². The molecule has 108 valence electrons. The summed E-state index contributed by atoms with van der Waals surface area (Å²) in [7, 11) is -3.32. The lowest BCUT2D eigenvalue weighted by molar-refractivity contribution is 0.0245. The van der Waals surface area contributed by atoms with Crippen molar-refractivity contribution in [3.63, 3.8) is 0 Å². The third-order valence-electron chi connectivity index (χ3n) is 3.02. The average molecular weight is 279 g/mol. The van der Waals surface area contributed by atoms with Crippen molar-refractivity contribution in [2.75, 3.05) is 19.7 Å². The van der Waals surface area contributed by atoms with Crippen molar-refractivity contribution in [3.8, 4) is 0 Å². The van der Waals surface area contributed by atoms with Crippen molar-refractivity contribution < 1.29 is 13.2 Å². The second-order valence-electron chi connectivity index (χ2n) is 4.66. The van der Waals surface area contributed by atoms with Gasteiger partial charge < -0.3 is 10.5 Å². The van der Waals surface area contributed by atoms with Gasteiger partial charge in [-0.3, -0.25) is 0 Å². The highest BCUT2D eigenvalue weighted by molar-refractivity contribution is 7.87. The molecule has 0 atom stereocenters. The molecule has 0 aromatic heterocycles. The van der Waals surface area contributed by atoms with E-state index in [9.17, 15) is 8.42 Å². The van der Waals surface area contributed by atoms with Crippen molar-refractivity contribution in [3.05, 3.63) is 0 Å². The quantitative estimate of drug-likeness (QED) is 0.550. The topological polar surface area (TPSA) is 93.5 Å². The molecule has 4 N–H and O–H groups in total. The molecule has 1 saturated carbocycles. The van der Waals surface area contributed by atoms with Crippen LogP contribution in [0.15, 0.2) is 0 Å². The van der Waals surface area contributed by atoms with Crippen LogP contribution in [0.3, 0.4) is 0 Å². The number of ether oxygens (including phenoxy) is 1. The normalized spacial score (nSPS) is 25.2. The standard InChI is InChI=1S/C11H25N3O3S/c1-2-13-18(15,16)14-8-3-9-17-11-6-4-10(12)5-7-11/h10-11,13-14H,2-9,12H2,1H3. The Kier molecular flexibility index (Phi) is 7.10. The summed E-state index contributed by atoms with van der Waals surface area (Å²) in [6, 6.07) is 0.330. The fourth-order valence-corrected chi connectivity index (χ4v) is 2.92. The van der Waals surface area contributed by atoms with Crippen LogP contribution in [-0.4, -0.2) is 40.3 Å². The first-order chi connectivity index (χ1) is 8.53. The molecule has 1 aliphatic carbocycles. The summed E-state index contributed by atoms with van der Waals surface area (Å²) in [5, 5.41) is 0. The molecule has 1 aliphatic rings. The number of hydrogen-bond acceptors (Lipinski definition) is 4. The highest BCUT2D eigenvalue weighted by atomic mass is 32.2. The maximum Gasteiger partial charge on any atom is 0.276 e. The van der Waals surface area contributed by atoms with Gasteiger partial charge in [0.2, 0.25) is 0 Å². The zero-order valence-corrected chi connectivity index (χ0v) is 11.8. The van der Waals surface area contributed by atoms with E-state index in [1.54, 1.807) is 6.92 Å². The lowest BCUT2D eigenvalue weighted by Gasteiger charge is -2.26. The first kappa shape index (κ1) is 15.8. The van der Waals surface area contributed by atoms with Crippen LogP contribution in [-0.2, 0) is 14.9 Å². The zero-order chi connectivity index (χ0) is 13.4. The number of rotatable bonds is 8. The summed E-state index contributed by atoms with van der Waals surface area (Å²) in [5.74, 6) is 0. The Morgan fingerprint density at radius 3 is 2.50 bits per heavy atom. The van der Waals surface area contributed by atoms with Crippen molar-refractivity contribution in [1.29, 1.82) is 0 Å². The van der Waals surface area contributed by atoms with E-state index in [0.29, 0.717) is 38.3 Å². The maximum atomic E-state index is 11.3. The monoisotopic (exact) mass is 279 g/mol. The summed E-state index contributed by atoms with van der Waals surface area (Å²) in [5.41, 5.74) is 5.81. The van der Waals surface area contributed by atoms with Crippen LogP contribution < -0.4 is 15.2 Å². The summed E-state index contributed by atoms with van der Waals surface area (Å²) >= 11 is 0. The molecule has 0 unspecified atom stereocenters. The van der Waals surface area contributed by atoms with Crippen LogP contribution in [0, 0.1) is 0 Å². The van der Waals surface area contributed by atoms with Crippen LogP contribution in [0.5, 0.6) is 0 Å². The fourth-order valence-electron chi connectivity index (χ4n) is 2.03. The van der Waals surface area contributed by atoms with E-state index in [4.69, 9.17) is 10.5 Å². The van der Waals surface area contributed by atoms with E-state index in [2.05, 4.69) is 9.44 Å². The largest absolute Gasteiger partial charge is 0.378 e. The van der Waals surface area contributed by atoms with Gasteiger partial charge in [0.1, 0.15) is 0 Å². The third kappa shape index (κ3) is 6.65.